The molecule has 0 radical (unpaired) electrons. The molecule has 2 aromatic carbocycles. The Morgan fingerprint density at radius 2 is 1.58 bits per heavy atom. The van der Waals surface area contributed by atoms with Crippen LogP contribution in [0.4, 0.5) is 11.4 Å². The number of methoxy groups -OCH3 is 2. The van der Waals surface area contributed by atoms with Crippen LogP contribution in [-0.2, 0) is 4.74 Å². The molecule has 0 saturated carbocycles. The van der Waals surface area contributed by atoms with Crippen molar-refractivity contribution in [3.05, 3.63) is 71.5 Å². The number of pyridine rings is 1. The molecule has 1 aromatic heterocycles. The van der Waals surface area contributed by atoms with Crippen molar-refractivity contribution in [1.29, 1.82) is 0 Å². The van der Waals surface area contributed by atoms with Crippen LogP contribution in [0.3, 0.4) is 0 Å². The highest BCUT2D eigenvalue weighted by Gasteiger charge is 2.15. The van der Waals surface area contributed by atoms with E-state index in [1.165, 1.54) is 11.1 Å². The number of nitrogen functional groups attached to an aromatic ring is 1. The third-order valence-corrected chi connectivity index (χ3v) is 5.16. The molecule has 5 nitrogen and oxygen atoms in total. The summed E-state index contributed by atoms with van der Waals surface area (Å²) in [5, 5.41) is 3.27. The second kappa shape index (κ2) is 14.9. The zero-order valence-corrected chi connectivity index (χ0v) is 21.5. The fourth-order valence-electron chi connectivity index (χ4n) is 3.18. The Morgan fingerprint density at radius 1 is 0.970 bits per heavy atom. The van der Waals surface area contributed by atoms with Gasteiger partial charge in [-0.05, 0) is 60.2 Å². The highest BCUT2D eigenvalue weighted by molar-refractivity contribution is 5.85. The largest absolute Gasteiger partial charge is 0.494 e. The summed E-state index contributed by atoms with van der Waals surface area (Å²) in [6.07, 6.45) is 3.53. The van der Waals surface area contributed by atoms with E-state index in [1.54, 1.807) is 26.6 Å². The average Bonchev–Trinajstić information content (AvgIpc) is 2.84. The van der Waals surface area contributed by atoms with Gasteiger partial charge in [0.15, 0.2) is 0 Å². The number of nitrogens with one attached hydrogen (secondary N) is 1. The molecule has 0 bridgehead atoms. The lowest BCUT2D eigenvalue weighted by molar-refractivity contribution is 0.210. The monoisotopic (exact) mass is 451 g/mol. The third-order valence-electron chi connectivity index (χ3n) is 5.16. The van der Waals surface area contributed by atoms with Gasteiger partial charge in [-0.2, -0.15) is 0 Å². The molecule has 1 heterocycles. The lowest BCUT2D eigenvalue weighted by Crippen LogP contribution is -2.11. The highest BCUT2D eigenvalue weighted by atomic mass is 16.5. The van der Waals surface area contributed by atoms with Gasteiger partial charge in [-0.25, -0.2) is 0 Å². The first-order chi connectivity index (χ1) is 15.9. The molecule has 0 aliphatic heterocycles. The highest BCUT2D eigenvalue weighted by Crippen LogP contribution is 2.39. The Balaban J connectivity index is 0.000000380. The smallest absolute Gasteiger partial charge is 0.144 e. The number of aromatic nitrogens is 1. The summed E-state index contributed by atoms with van der Waals surface area (Å²) < 4.78 is 10.5. The van der Waals surface area contributed by atoms with Gasteiger partial charge >= 0.3 is 0 Å². The number of rotatable bonds is 7. The van der Waals surface area contributed by atoms with Crippen LogP contribution in [0.25, 0.3) is 11.1 Å². The zero-order chi connectivity index (χ0) is 24.8. The standard InChI is InChI=1S/C16H21N3O2.C10H14.C2H6/c1-11-13(12-4-6-18-7-5-12)10-14(21-3)16(15(11)17)19-8-9-20-2;1-8(2)10-6-4-9(3)5-7-10;1-2/h4-7,10,19H,8-9,17H2,1-3H3;4-8H,1-3H3;1-2H3. The van der Waals surface area contributed by atoms with E-state index in [0.717, 1.165) is 28.1 Å². The average molecular weight is 452 g/mol. The van der Waals surface area contributed by atoms with E-state index in [-0.39, 0.29) is 0 Å². The predicted octanol–water partition coefficient (Wildman–Crippen LogP) is 6.85. The number of benzene rings is 2. The van der Waals surface area contributed by atoms with Crippen molar-refractivity contribution >= 4 is 11.4 Å². The van der Waals surface area contributed by atoms with Crippen molar-refractivity contribution in [2.75, 3.05) is 38.4 Å². The summed E-state index contributed by atoms with van der Waals surface area (Å²) in [7, 11) is 3.31. The predicted molar refractivity (Wildman–Crippen MR) is 142 cm³/mol. The molecule has 3 aromatic rings. The Labute approximate surface area is 200 Å². The number of aryl methyl sites for hydroxylation is 1. The van der Waals surface area contributed by atoms with E-state index in [1.807, 2.05) is 39.0 Å². The minimum atomic E-state index is 0.605. The summed E-state index contributed by atoms with van der Waals surface area (Å²) >= 11 is 0. The van der Waals surface area contributed by atoms with E-state index >= 15 is 0 Å². The lowest BCUT2D eigenvalue weighted by atomic mass is 9.98. The summed E-state index contributed by atoms with van der Waals surface area (Å²) in [6, 6.07) is 14.6. The number of ether oxygens (including phenoxy) is 2. The van der Waals surface area contributed by atoms with Gasteiger partial charge in [0.2, 0.25) is 0 Å². The fraction of sp³-hybridized carbons (Fsp3) is 0.393. The van der Waals surface area contributed by atoms with Gasteiger partial charge in [0.1, 0.15) is 11.4 Å². The van der Waals surface area contributed by atoms with Gasteiger partial charge in [-0.15, -0.1) is 0 Å². The molecule has 3 rings (SSSR count). The maximum Gasteiger partial charge on any atom is 0.144 e. The van der Waals surface area contributed by atoms with Crippen LogP contribution in [0.2, 0.25) is 0 Å². The lowest BCUT2D eigenvalue weighted by Gasteiger charge is -2.18. The minimum Gasteiger partial charge on any atom is -0.494 e. The Bertz CT molecular complexity index is 940. The molecule has 0 unspecified atom stereocenters. The Morgan fingerprint density at radius 3 is 2.09 bits per heavy atom. The quantitative estimate of drug-likeness (QED) is 0.304. The third kappa shape index (κ3) is 8.43. The first-order valence-electron chi connectivity index (χ1n) is 11.6. The molecule has 180 valence electrons. The minimum absolute atomic E-state index is 0.605. The van der Waals surface area contributed by atoms with E-state index in [2.05, 4.69) is 55.3 Å². The second-order valence-electron chi connectivity index (χ2n) is 7.76. The van der Waals surface area contributed by atoms with Crippen LogP contribution >= 0.6 is 0 Å². The Hall–Kier alpha value is -3.05. The van der Waals surface area contributed by atoms with Gasteiger partial charge in [0.25, 0.3) is 0 Å². The topological polar surface area (TPSA) is 69.4 Å². The number of anilines is 2. The molecule has 0 atom stereocenters. The van der Waals surface area contributed by atoms with Crippen LogP contribution < -0.4 is 15.8 Å². The number of nitrogens with zero attached hydrogens (tertiary/aromatic N) is 1. The van der Waals surface area contributed by atoms with Gasteiger partial charge in [0, 0.05) is 26.0 Å². The first-order valence-corrected chi connectivity index (χ1v) is 11.6. The van der Waals surface area contributed by atoms with E-state index in [0.29, 0.717) is 24.8 Å². The molecule has 0 fully saturated rings. The first kappa shape index (κ1) is 28.0. The fourth-order valence-corrected chi connectivity index (χ4v) is 3.18. The maximum atomic E-state index is 6.28. The normalized spacial score (nSPS) is 9.97. The summed E-state index contributed by atoms with van der Waals surface area (Å²) in [6.45, 7) is 13.8. The van der Waals surface area contributed by atoms with Crippen molar-refractivity contribution in [1.82, 2.24) is 4.98 Å². The second-order valence-corrected chi connectivity index (χ2v) is 7.76. The number of nitrogens with two attached hydrogens (primary N) is 1. The van der Waals surface area contributed by atoms with Gasteiger partial charge in [0.05, 0.1) is 19.4 Å². The van der Waals surface area contributed by atoms with Crippen LogP contribution in [0.15, 0.2) is 54.9 Å². The van der Waals surface area contributed by atoms with Crippen molar-refractivity contribution in [2.45, 2.75) is 47.5 Å². The van der Waals surface area contributed by atoms with Crippen molar-refractivity contribution in [3.63, 3.8) is 0 Å². The Kier molecular flexibility index (Phi) is 12.6. The maximum absolute atomic E-state index is 6.28. The van der Waals surface area contributed by atoms with Crippen LogP contribution in [-0.4, -0.2) is 32.4 Å². The molecule has 0 spiro atoms. The number of hydrogen-bond donors (Lipinski definition) is 2. The molecule has 0 saturated heterocycles. The van der Waals surface area contributed by atoms with Crippen molar-refractivity contribution in [2.24, 2.45) is 0 Å². The van der Waals surface area contributed by atoms with E-state index in [9.17, 15) is 0 Å². The molecule has 0 aliphatic rings. The van der Waals surface area contributed by atoms with Crippen LogP contribution in [0.1, 0.15) is 50.3 Å². The van der Waals surface area contributed by atoms with Crippen LogP contribution in [0, 0.1) is 13.8 Å². The molecule has 33 heavy (non-hydrogen) atoms. The summed E-state index contributed by atoms with van der Waals surface area (Å²) in [4.78, 5) is 4.04. The molecular formula is C28H41N3O2. The van der Waals surface area contributed by atoms with Crippen molar-refractivity contribution < 1.29 is 9.47 Å². The SMILES string of the molecule is CC.COCCNc1c(OC)cc(-c2ccncc2)c(C)c1N.Cc1ccc(C(C)C)cc1. The summed E-state index contributed by atoms with van der Waals surface area (Å²) in [5.74, 6) is 1.38. The molecular weight excluding hydrogens is 410 g/mol. The van der Waals surface area contributed by atoms with Gasteiger partial charge in [-0.3, -0.25) is 4.98 Å². The van der Waals surface area contributed by atoms with E-state index in [4.69, 9.17) is 15.2 Å². The van der Waals surface area contributed by atoms with Crippen LogP contribution in [0.5, 0.6) is 5.75 Å². The van der Waals surface area contributed by atoms with Crippen molar-refractivity contribution in [3.8, 4) is 16.9 Å². The molecule has 0 amide bonds. The zero-order valence-electron chi connectivity index (χ0n) is 21.5. The molecule has 3 N–H and O–H groups in total. The number of hydrogen-bond acceptors (Lipinski definition) is 5. The summed E-state index contributed by atoms with van der Waals surface area (Å²) in [5.41, 5.74) is 13.7. The van der Waals surface area contributed by atoms with Gasteiger partial charge in [-0.1, -0.05) is 57.5 Å². The molecule has 5 heteroatoms. The molecule has 0 aliphatic carbocycles. The van der Waals surface area contributed by atoms with E-state index < -0.39 is 0 Å². The van der Waals surface area contributed by atoms with Gasteiger partial charge < -0.3 is 20.5 Å².